The first-order valence-corrected chi connectivity index (χ1v) is 6.38. The number of esters is 1. The summed E-state index contributed by atoms with van der Waals surface area (Å²) in [7, 11) is 1.77. The molecule has 2 heterocycles. The van der Waals surface area contributed by atoms with Gasteiger partial charge in [0, 0.05) is 7.05 Å². The Morgan fingerprint density at radius 1 is 1.61 bits per heavy atom. The number of nitrogens with one attached hydrogen (secondary N) is 1. The average molecular weight is 266 g/mol. The highest BCUT2D eigenvalue weighted by molar-refractivity contribution is 7.20. The van der Waals surface area contributed by atoms with Crippen molar-refractivity contribution in [3.63, 3.8) is 0 Å². The van der Waals surface area contributed by atoms with Gasteiger partial charge in [-0.3, -0.25) is 0 Å². The summed E-state index contributed by atoms with van der Waals surface area (Å²) in [6, 6.07) is 0. The summed E-state index contributed by atoms with van der Waals surface area (Å²) < 4.78 is 10.3. The van der Waals surface area contributed by atoms with Gasteiger partial charge < -0.3 is 14.5 Å². The smallest absolute Gasteiger partial charge is 0.341 e. The maximum Gasteiger partial charge on any atom is 0.341 e. The first-order chi connectivity index (χ1) is 8.69. The minimum absolute atomic E-state index is 0.326. The van der Waals surface area contributed by atoms with Crippen molar-refractivity contribution >= 4 is 22.3 Å². The SMILES string of the molecule is CCOC(=O)c1c(NC)sc(-c2ncco2)c1C. The number of hydrogen-bond donors (Lipinski definition) is 1. The van der Waals surface area contributed by atoms with Crippen LogP contribution in [0.1, 0.15) is 22.8 Å². The van der Waals surface area contributed by atoms with Crippen molar-refractivity contribution in [2.45, 2.75) is 13.8 Å². The first kappa shape index (κ1) is 12.6. The summed E-state index contributed by atoms with van der Waals surface area (Å²) in [6.45, 7) is 4.00. The monoisotopic (exact) mass is 266 g/mol. The first-order valence-electron chi connectivity index (χ1n) is 5.57. The van der Waals surface area contributed by atoms with Gasteiger partial charge in [-0.1, -0.05) is 0 Å². The third-order valence-corrected chi connectivity index (χ3v) is 3.78. The standard InChI is InChI=1S/C12H14N2O3S/c1-4-16-12(15)8-7(2)9(18-11(8)13-3)10-14-5-6-17-10/h5-6,13H,4H2,1-3H3. The van der Waals surface area contributed by atoms with Crippen LogP contribution >= 0.6 is 11.3 Å². The number of oxazole rings is 1. The molecule has 0 aliphatic heterocycles. The Morgan fingerprint density at radius 2 is 2.39 bits per heavy atom. The molecule has 0 amide bonds. The normalized spacial score (nSPS) is 10.4. The highest BCUT2D eigenvalue weighted by Gasteiger charge is 2.23. The summed E-state index contributed by atoms with van der Waals surface area (Å²) >= 11 is 1.43. The number of aromatic nitrogens is 1. The van der Waals surface area contributed by atoms with Crippen LogP contribution in [0, 0.1) is 6.92 Å². The van der Waals surface area contributed by atoms with Crippen molar-refractivity contribution in [1.82, 2.24) is 4.98 Å². The van der Waals surface area contributed by atoms with Crippen LogP contribution in [-0.4, -0.2) is 24.6 Å². The molecule has 1 N–H and O–H groups in total. The van der Waals surface area contributed by atoms with Crippen LogP contribution in [0.5, 0.6) is 0 Å². The maximum absolute atomic E-state index is 11.9. The van der Waals surface area contributed by atoms with E-state index in [1.807, 2.05) is 6.92 Å². The Kier molecular flexibility index (Phi) is 3.66. The van der Waals surface area contributed by atoms with Gasteiger partial charge in [-0.05, 0) is 19.4 Å². The molecule has 0 atom stereocenters. The van der Waals surface area contributed by atoms with Gasteiger partial charge >= 0.3 is 5.97 Å². The minimum Gasteiger partial charge on any atom is -0.462 e. The van der Waals surface area contributed by atoms with Crippen molar-refractivity contribution in [1.29, 1.82) is 0 Å². The van der Waals surface area contributed by atoms with Gasteiger partial charge in [0.15, 0.2) is 0 Å². The molecule has 0 aliphatic rings. The summed E-state index contributed by atoms with van der Waals surface area (Å²) in [6.07, 6.45) is 3.09. The lowest BCUT2D eigenvalue weighted by atomic mass is 10.1. The quantitative estimate of drug-likeness (QED) is 0.862. The van der Waals surface area contributed by atoms with E-state index in [1.54, 1.807) is 20.2 Å². The Morgan fingerprint density at radius 3 is 2.94 bits per heavy atom. The second-order valence-corrected chi connectivity index (χ2v) is 4.59. The van der Waals surface area contributed by atoms with Crippen LogP contribution in [0.4, 0.5) is 5.00 Å². The van der Waals surface area contributed by atoms with Gasteiger partial charge in [-0.15, -0.1) is 11.3 Å². The molecule has 2 aromatic heterocycles. The van der Waals surface area contributed by atoms with Crippen LogP contribution in [0.3, 0.4) is 0 Å². The minimum atomic E-state index is -0.326. The van der Waals surface area contributed by atoms with Gasteiger partial charge in [0.25, 0.3) is 0 Å². The van der Waals surface area contributed by atoms with Gasteiger partial charge in [0.2, 0.25) is 5.89 Å². The lowest BCUT2D eigenvalue weighted by molar-refractivity contribution is 0.0527. The second kappa shape index (κ2) is 5.22. The number of thiophene rings is 1. The van der Waals surface area contributed by atoms with E-state index in [0.717, 1.165) is 15.4 Å². The van der Waals surface area contributed by atoms with E-state index in [9.17, 15) is 4.79 Å². The molecule has 0 aromatic carbocycles. The third kappa shape index (κ3) is 2.11. The molecule has 5 nitrogen and oxygen atoms in total. The molecular weight excluding hydrogens is 252 g/mol. The molecule has 0 bridgehead atoms. The summed E-state index contributed by atoms with van der Waals surface area (Å²) in [5.74, 6) is 0.193. The zero-order valence-corrected chi connectivity index (χ0v) is 11.3. The molecule has 96 valence electrons. The number of carbonyl (C=O) groups is 1. The molecule has 0 spiro atoms. The number of rotatable bonds is 4. The summed E-state index contributed by atoms with van der Waals surface area (Å²) in [4.78, 5) is 16.9. The van der Waals surface area contributed by atoms with E-state index in [1.165, 1.54) is 17.6 Å². The largest absolute Gasteiger partial charge is 0.462 e. The van der Waals surface area contributed by atoms with Gasteiger partial charge in [-0.2, -0.15) is 0 Å². The molecular formula is C12H14N2O3S. The zero-order valence-electron chi connectivity index (χ0n) is 10.4. The fourth-order valence-corrected chi connectivity index (χ4v) is 2.77. The Bertz CT molecular complexity index is 546. The van der Waals surface area contributed by atoms with E-state index in [0.29, 0.717) is 18.1 Å². The van der Waals surface area contributed by atoms with E-state index >= 15 is 0 Å². The highest BCUT2D eigenvalue weighted by atomic mass is 32.1. The second-order valence-electron chi connectivity index (χ2n) is 3.57. The van der Waals surface area contributed by atoms with E-state index in [4.69, 9.17) is 9.15 Å². The molecule has 0 saturated heterocycles. The maximum atomic E-state index is 11.9. The predicted octanol–water partition coefficient (Wildman–Crippen LogP) is 2.93. The Balaban J connectivity index is 2.50. The van der Waals surface area contributed by atoms with E-state index < -0.39 is 0 Å². The van der Waals surface area contributed by atoms with Crippen LogP contribution in [-0.2, 0) is 4.74 Å². The van der Waals surface area contributed by atoms with Gasteiger partial charge in [0.1, 0.15) is 11.3 Å². The molecule has 0 fully saturated rings. The number of hydrogen-bond acceptors (Lipinski definition) is 6. The van der Waals surface area contributed by atoms with Crippen molar-refractivity contribution in [3.8, 4) is 10.8 Å². The number of ether oxygens (including phenoxy) is 1. The van der Waals surface area contributed by atoms with E-state index in [-0.39, 0.29) is 5.97 Å². The molecule has 2 aromatic rings. The highest BCUT2D eigenvalue weighted by Crippen LogP contribution is 2.39. The number of carbonyl (C=O) groups excluding carboxylic acids is 1. The Labute approximate surface area is 109 Å². The van der Waals surface area contributed by atoms with E-state index in [2.05, 4.69) is 10.3 Å². The van der Waals surface area contributed by atoms with Gasteiger partial charge in [-0.25, -0.2) is 9.78 Å². The predicted molar refractivity (Wildman–Crippen MR) is 70.1 cm³/mol. The molecule has 0 radical (unpaired) electrons. The van der Waals surface area contributed by atoms with Crippen molar-refractivity contribution in [2.75, 3.05) is 19.0 Å². The number of nitrogens with zero attached hydrogens (tertiary/aromatic N) is 1. The summed E-state index contributed by atoms with van der Waals surface area (Å²) in [5, 5.41) is 3.77. The number of anilines is 1. The van der Waals surface area contributed by atoms with Crippen LogP contribution in [0.2, 0.25) is 0 Å². The van der Waals surface area contributed by atoms with Crippen molar-refractivity contribution in [3.05, 3.63) is 23.6 Å². The van der Waals surface area contributed by atoms with Crippen LogP contribution in [0.25, 0.3) is 10.8 Å². The van der Waals surface area contributed by atoms with Crippen molar-refractivity contribution in [2.24, 2.45) is 0 Å². The average Bonchev–Trinajstić information content (AvgIpc) is 2.96. The molecule has 0 unspecified atom stereocenters. The topological polar surface area (TPSA) is 64.4 Å². The fourth-order valence-electron chi connectivity index (χ4n) is 1.68. The summed E-state index contributed by atoms with van der Waals surface area (Å²) in [5.41, 5.74) is 1.38. The Hall–Kier alpha value is -1.82. The lowest BCUT2D eigenvalue weighted by Gasteiger charge is -2.03. The fraction of sp³-hybridized carbons (Fsp3) is 0.333. The van der Waals surface area contributed by atoms with Crippen molar-refractivity contribution < 1.29 is 13.9 Å². The molecule has 18 heavy (non-hydrogen) atoms. The third-order valence-electron chi connectivity index (χ3n) is 2.48. The van der Waals surface area contributed by atoms with Crippen LogP contribution in [0.15, 0.2) is 16.9 Å². The van der Waals surface area contributed by atoms with Crippen LogP contribution < -0.4 is 5.32 Å². The molecule has 2 rings (SSSR count). The molecule has 6 heteroatoms. The van der Waals surface area contributed by atoms with Gasteiger partial charge in [0.05, 0.1) is 23.2 Å². The lowest BCUT2D eigenvalue weighted by Crippen LogP contribution is -2.07. The molecule has 0 saturated carbocycles. The zero-order chi connectivity index (χ0) is 13.1. The molecule has 0 aliphatic carbocycles.